The summed E-state index contributed by atoms with van der Waals surface area (Å²) in [6.45, 7) is 2.08. The van der Waals surface area contributed by atoms with E-state index in [-0.39, 0.29) is 18.2 Å². The highest BCUT2D eigenvalue weighted by Gasteiger charge is 2.24. The van der Waals surface area contributed by atoms with E-state index in [1.165, 1.54) is 9.21 Å². The molecule has 0 aliphatic rings. The quantitative estimate of drug-likeness (QED) is 0.758. The third-order valence-corrected chi connectivity index (χ3v) is 4.80. The van der Waals surface area contributed by atoms with Gasteiger partial charge in [-0.15, -0.1) is 0 Å². The molecule has 0 saturated heterocycles. The van der Waals surface area contributed by atoms with Gasteiger partial charge in [-0.3, -0.25) is 4.79 Å². The fourth-order valence-corrected chi connectivity index (χ4v) is 3.34. The smallest absolute Gasteiger partial charge is 0.237 e. The summed E-state index contributed by atoms with van der Waals surface area (Å²) in [6.07, 6.45) is 0.654. The van der Waals surface area contributed by atoms with Crippen LogP contribution in [0.25, 0.3) is 0 Å². The highest BCUT2D eigenvalue weighted by Crippen LogP contribution is 2.13. The number of hydrogen-bond donors (Lipinski definition) is 1. The molecule has 1 amide bonds. The van der Waals surface area contributed by atoms with Gasteiger partial charge in [0, 0.05) is 26.3 Å². The number of anilines is 1. The molecule has 0 radical (unpaired) electrons. The van der Waals surface area contributed by atoms with Crippen LogP contribution < -0.4 is 5.73 Å². The van der Waals surface area contributed by atoms with Crippen LogP contribution in [0.5, 0.6) is 0 Å². The van der Waals surface area contributed by atoms with Crippen LogP contribution in [-0.2, 0) is 20.6 Å². The summed E-state index contributed by atoms with van der Waals surface area (Å²) in [5.41, 5.74) is 6.83. The average Bonchev–Trinajstić information content (AvgIpc) is 2.40. The first kappa shape index (κ1) is 17.5. The largest absolute Gasteiger partial charge is 0.399 e. The first-order valence-corrected chi connectivity index (χ1v) is 8.39. The lowest BCUT2D eigenvalue weighted by Gasteiger charge is -2.22. The van der Waals surface area contributed by atoms with Gasteiger partial charge < -0.3 is 10.6 Å². The summed E-state index contributed by atoms with van der Waals surface area (Å²) in [7, 11) is -0.314. The molecule has 0 bridgehead atoms. The molecular formula is C14H23N3O3S. The van der Waals surface area contributed by atoms with Crippen LogP contribution in [0.4, 0.5) is 5.69 Å². The lowest BCUT2D eigenvalue weighted by atomic mass is 10.2. The van der Waals surface area contributed by atoms with E-state index in [1.807, 2.05) is 6.92 Å². The second kappa shape index (κ2) is 7.42. The van der Waals surface area contributed by atoms with Crippen LogP contribution in [0.3, 0.4) is 0 Å². The van der Waals surface area contributed by atoms with Gasteiger partial charge in [0.2, 0.25) is 15.9 Å². The molecule has 6 nitrogen and oxygen atoms in total. The van der Waals surface area contributed by atoms with Gasteiger partial charge in [0.1, 0.15) is 0 Å². The second-order valence-corrected chi connectivity index (χ2v) is 7.09. The van der Waals surface area contributed by atoms with Crippen LogP contribution in [0.1, 0.15) is 18.9 Å². The summed E-state index contributed by atoms with van der Waals surface area (Å²) in [5, 5.41) is 0. The number of amides is 1. The number of nitrogen functional groups attached to an aromatic ring is 1. The Bertz CT molecular complexity index is 568. The van der Waals surface area contributed by atoms with Gasteiger partial charge in [0.05, 0.1) is 12.3 Å². The SMILES string of the molecule is CCCN(CC(=O)N(C)C)S(=O)(=O)Cc1ccc(N)cc1. The Morgan fingerprint density at radius 3 is 2.24 bits per heavy atom. The van der Waals surface area contributed by atoms with Crippen LogP contribution in [0.15, 0.2) is 24.3 Å². The lowest BCUT2D eigenvalue weighted by molar-refractivity contribution is -0.128. The van der Waals surface area contributed by atoms with Crippen molar-refractivity contribution < 1.29 is 13.2 Å². The molecule has 0 aliphatic heterocycles. The summed E-state index contributed by atoms with van der Waals surface area (Å²) in [4.78, 5) is 13.2. The number of carbonyl (C=O) groups excluding carboxylic acids is 1. The van der Waals surface area contributed by atoms with E-state index in [4.69, 9.17) is 5.73 Å². The molecule has 118 valence electrons. The topological polar surface area (TPSA) is 83.7 Å². The normalized spacial score (nSPS) is 11.6. The number of nitrogens with two attached hydrogens (primary N) is 1. The Hall–Kier alpha value is -1.60. The summed E-state index contributed by atoms with van der Waals surface area (Å²) in [6, 6.07) is 6.70. The zero-order chi connectivity index (χ0) is 16.0. The molecule has 0 aliphatic carbocycles. The van der Waals surface area contributed by atoms with Crippen molar-refractivity contribution in [3.05, 3.63) is 29.8 Å². The molecule has 1 aromatic carbocycles. The number of likely N-dealkylation sites (N-methyl/N-ethyl adjacent to an activating group) is 1. The van der Waals surface area contributed by atoms with Gasteiger partial charge >= 0.3 is 0 Å². The van der Waals surface area contributed by atoms with E-state index < -0.39 is 10.0 Å². The number of rotatable bonds is 7. The molecule has 2 N–H and O–H groups in total. The molecule has 1 aromatic rings. The average molecular weight is 313 g/mol. The highest BCUT2D eigenvalue weighted by atomic mass is 32.2. The van der Waals surface area contributed by atoms with Gasteiger partial charge in [-0.05, 0) is 24.1 Å². The third-order valence-electron chi connectivity index (χ3n) is 3.01. The van der Waals surface area contributed by atoms with Crippen molar-refractivity contribution in [3.8, 4) is 0 Å². The van der Waals surface area contributed by atoms with Gasteiger partial charge in [-0.2, -0.15) is 4.31 Å². The van der Waals surface area contributed by atoms with Crippen LogP contribution in [-0.4, -0.2) is 50.7 Å². The molecule has 0 aromatic heterocycles. The molecule has 7 heteroatoms. The summed E-state index contributed by atoms with van der Waals surface area (Å²) < 4.78 is 26.2. The van der Waals surface area contributed by atoms with E-state index in [9.17, 15) is 13.2 Å². The molecule has 0 unspecified atom stereocenters. The zero-order valence-electron chi connectivity index (χ0n) is 12.7. The number of nitrogens with zero attached hydrogens (tertiary/aromatic N) is 2. The molecule has 0 spiro atoms. The van der Waals surface area contributed by atoms with Crippen molar-refractivity contribution in [1.82, 2.24) is 9.21 Å². The Morgan fingerprint density at radius 1 is 1.19 bits per heavy atom. The van der Waals surface area contributed by atoms with E-state index in [1.54, 1.807) is 38.4 Å². The fraction of sp³-hybridized carbons (Fsp3) is 0.500. The molecule has 21 heavy (non-hydrogen) atoms. The minimum Gasteiger partial charge on any atom is -0.399 e. The van der Waals surface area contributed by atoms with E-state index >= 15 is 0 Å². The van der Waals surface area contributed by atoms with Crippen molar-refractivity contribution in [2.24, 2.45) is 0 Å². The van der Waals surface area contributed by atoms with E-state index in [0.717, 1.165) is 0 Å². The van der Waals surface area contributed by atoms with Crippen molar-refractivity contribution >= 4 is 21.6 Å². The molecule has 1 rings (SSSR count). The van der Waals surface area contributed by atoms with Crippen LogP contribution in [0, 0.1) is 0 Å². The highest BCUT2D eigenvalue weighted by molar-refractivity contribution is 7.88. The monoisotopic (exact) mass is 313 g/mol. The number of sulfonamides is 1. The first-order chi connectivity index (χ1) is 9.76. The fourth-order valence-electron chi connectivity index (χ4n) is 1.77. The lowest BCUT2D eigenvalue weighted by Crippen LogP contribution is -2.41. The number of carbonyl (C=O) groups is 1. The maximum atomic E-state index is 12.5. The Balaban J connectivity index is 2.88. The maximum Gasteiger partial charge on any atom is 0.237 e. The van der Waals surface area contributed by atoms with Crippen LogP contribution >= 0.6 is 0 Å². The van der Waals surface area contributed by atoms with Crippen molar-refractivity contribution in [1.29, 1.82) is 0 Å². The second-order valence-electron chi connectivity index (χ2n) is 5.12. The van der Waals surface area contributed by atoms with Crippen LogP contribution in [0.2, 0.25) is 0 Å². The van der Waals surface area contributed by atoms with Crippen molar-refractivity contribution in [3.63, 3.8) is 0 Å². The molecule has 0 atom stereocenters. The number of hydrogen-bond acceptors (Lipinski definition) is 4. The Kier molecular flexibility index (Phi) is 6.17. The molecular weight excluding hydrogens is 290 g/mol. The van der Waals surface area contributed by atoms with Gasteiger partial charge in [0.15, 0.2) is 0 Å². The number of benzene rings is 1. The van der Waals surface area contributed by atoms with Crippen molar-refractivity contribution in [2.75, 3.05) is 32.9 Å². The summed E-state index contributed by atoms with van der Waals surface area (Å²) in [5.74, 6) is -0.363. The molecule has 0 fully saturated rings. The van der Waals surface area contributed by atoms with E-state index in [0.29, 0.717) is 24.2 Å². The summed E-state index contributed by atoms with van der Waals surface area (Å²) >= 11 is 0. The third kappa shape index (κ3) is 5.35. The van der Waals surface area contributed by atoms with Gasteiger partial charge in [-0.1, -0.05) is 19.1 Å². The minimum atomic E-state index is -3.53. The zero-order valence-corrected chi connectivity index (χ0v) is 13.6. The molecule has 0 saturated carbocycles. The minimum absolute atomic E-state index is 0.127. The standard InChI is InChI=1S/C14H23N3O3S/c1-4-9-17(10-14(18)16(2)3)21(19,20)11-12-5-7-13(15)8-6-12/h5-8H,4,9-11,15H2,1-3H3. The molecule has 0 heterocycles. The van der Waals surface area contributed by atoms with Gasteiger partial charge in [-0.25, -0.2) is 8.42 Å². The van der Waals surface area contributed by atoms with Crippen molar-refractivity contribution in [2.45, 2.75) is 19.1 Å². The predicted octanol–water partition coefficient (Wildman–Crippen LogP) is 0.899. The Labute approximate surface area is 126 Å². The first-order valence-electron chi connectivity index (χ1n) is 6.78. The van der Waals surface area contributed by atoms with Gasteiger partial charge in [0.25, 0.3) is 0 Å². The predicted molar refractivity (Wildman–Crippen MR) is 84.0 cm³/mol. The van der Waals surface area contributed by atoms with E-state index in [2.05, 4.69) is 0 Å². The maximum absolute atomic E-state index is 12.5. The Morgan fingerprint density at radius 2 is 1.76 bits per heavy atom.